The molecule has 114 valence electrons. The summed E-state index contributed by atoms with van der Waals surface area (Å²) in [6, 6.07) is 9.17. The Hall–Kier alpha value is -0.860. The van der Waals surface area contributed by atoms with Gasteiger partial charge in [-0.1, -0.05) is 37.1 Å². The largest absolute Gasteiger partial charge is 0.388 e. The zero-order valence-corrected chi connectivity index (χ0v) is 12.9. The summed E-state index contributed by atoms with van der Waals surface area (Å²) < 4.78 is 0. The van der Waals surface area contributed by atoms with Crippen LogP contribution in [-0.2, 0) is 12.8 Å². The third-order valence-corrected chi connectivity index (χ3v) is 6.34. The van der Waals surface area contributed by atoms with Gasteiger partial charge in [-0.25, -0.2) is 0 Å². The number of benzene rings is 1. The highest BCUT2D eigenvalue weighted by molar-refractivity contribution is 5.32. The van der Waals surface area contributed by atoms with Gasteiger partial charge < -0.3 is 10.4 Å². The first-order valence-corrected chi connectivity index (χ1v) is 8.81. The minimum absolute atomic E-state index is 0.312. The second kappa shape index (κ2) is 5.40. The molecule has 2 nitrogen and oxygen atoms in total. The van der Waals surface area contributed by atoms with Crippen molar-refractivity contribution < 1.29 is 5.11 Å². The Labute approximate surface area is 128 Å². The maximum atomic E-state index is 11.7. The lowest BCUT2D eigenvalue weighted by Crippen LogP contribution is -2.56. The van der Waals surface area contributed by atoms with Crippen molar-refractivity contribution in [2.75, 3.05) is 6.54 Å². The summed E-state index contributed by atoms with van der Waals surface area (Å²) >= 11 is 0. The van der Waals surface area contributed by atoms with Gasteiger partial charge in [0.25, 0.3) is 0 Å². The van der Waals surface area contributed by atoms with Crippen molar-refractivity contribution in [3.63, 3.8) is 0 Å². The van der Waals surface area contributed by atoms with Crippen molar-refractivity contribution in [3.8, 4) is 0 Å². The molecule has 4 rings (SSSR count). The van der Waals surface area contributed by atoms with Gasteiger partial charge in [-0.2, -0.15) is 0 Å². The van der Waals surface area contributed by atoms with Gasteiger partial charge in [0.15, 0.2) is 0 Å². The van der Waals surface area contributed by atoms with Gasteiger partial charge in [0.2, 0.25) is 0 Å². The summed E-state index contributed by atoms with van der Waals surface area (Å²) in [5, 5.41) is 15.4. The number of aliphatic hydroxyl groups is 1. The molecular weight excluding hydrogens is 258 g/mol. The third kappa shape index (κ3) is 2.24. The Morgan fingerprint density at radius 2 is 1.57 bits per heavy atom. The molecule has 21 heavy (non-hydrogen) atoms. The topological polar surface area (TPSA) is 32.3 Å². The molecule has 0 spiro atoms. The van der Waals surface area contributed by atoms with E-state index in [-0.39, 0.29) is 0 Å². The molecular formula is C19H27NO. The fourth-order valence-electron chi connectivity index (χ4n) is 5.21. The molecule has 2 heteroatoms. The number of hydrogen-bond donors (Lipinski definition) is 2. The van der Waals surface area contributed by atoms with E-state index in [0.29, 0.717) is 17.9 Å². The minimum atomic E-state index is -0.483. The third-order valence-electron chi connectivity index (χ3n) is 6.34. The molecule has 2 fully saturated rings. The van der Waals surface area contributed by atoms with E-state index in [1.165, 1.54) is 43.2 Å². The van der Waals surface area contributed by atoms with Gasteiger partial charge in [0.1, 0.15) is 0 Å². The molecule has 1 aliphatic heterocycles. The highest BCUT2D eigenvalue weighted by Crippen LogP contribution is 2.49. The van der Waals surface area contributed by atoms with Crippen LogP contribution in [0.4, 0.5) is 0 Å². The first kappa shape index (κ1) is 13.8. The van der Waals surface area contributed by atoms with E-state index < -0.39 is 5.60 Å². The highest BCUT2D eigenvalue weighted by Gasteiger charge is 2.54. The van der Waals surface area contributed by atoms with Gasteiger partial charge in [-0.3, -0.25) is 0 Å². The van der Waals surface area contributed by atoms with Crippen molar-refractivity contribution >= 4 is 0 Å². The summed E-state index contributed by atoms with van der Waals surface area (Å²) in [5.74, 6) is 0.892. The fourth-order valence-corrected chi connectivity index (χ4v) is 5.21. The van der Waals surface area contributed by atoms with Crippen molar-refractivity contribution in [1.29, 1.82) is 0 Å². The molecule has 3 atom stereocenters. The standard InChI is InChI=1S/C19H27NO/c21-19(18-8-2-1-5-11-20-18)16-9-10-17(19)13-15-7-4-3-6-14(15)12-16/h3-4,6-7,16-18,20-21H,1-2,5,8-13H2. The van der Waals surface area contributed by atoms with Crippen LogP contribution in [0.1, 0.15) is 49.7 Å². The highest BCUT2D eigenvalue weighted by atomic mass is 16.3. The molecule has 0 radical (unpaired) electrons. The molecule has 0 amide bonds. The van der Waals surface area contributed by atoms with Gasteiger partial charge in [0.05, 0.1) is 5.60 Å². The van der Waals surface area contributed by atoms with Crippen LogP contribution < -0.4 is 5.32 Å². The summed E-state index contributed by atoms with van der Waals surface area (Å²) in [5.41, 5.74) is 2.48. The molecule has 1 saturated heterocycles. The fraction of sp³-hybridized carbons (Fsp3) is 0.684. The van der Waals surface area contributed by atoms with Gasteiger partial charge in [-0.05, 0) is 68.0 Å². The number of nitrogens with one attached hydrogen (secondary N) is 1. The Kier molecular flexibility index (Phi) is 3.55. The summed E-state index contributed by atoms with van der Waals surface area (Å²) in [4.78, 5) is 0. The van der Waals surface area contributed by atoms with E-state index in [4.69, 9.17) is 0 Å². The van der Waals surface area contributed by atoms with Crippen molar-refractivity contribution in [3.05, 3.63) is 35.4 Å². The van der Waals surface area contributed by atoms with E-state index >= 15 is 0 Å². The lowest BCUT2D eigenvalue weighted by atomic mass is 9.75. The predicted molar refractivity (Wildman–Crippen MR) is 85.3 cm³/mol. The number of rotatable bonds is 1. The second-order valence-corrected chi connectivity index (χ2v) is 7.39. The van der Waals surface area contributed by atoms with Crippen LogP contribution in [-0.4, -0.2) is 23.3 Å². The lowest BCUT2D eigenvalue weighted by Gasteiger charge is -2.41. The summed E-state index contributed by atoms with van der Waals surface area (Å²) in [6.07, 6.45) is 9.55. The Morgan fingerprint density at radius 3 is 2.24 bits per heavy atom. The van der Waals surface area contributed by atoms with Gasteiger partial charge in [-0.15, -0.1) is 0 Å². The molecule has 2 aliphatic carbocycles. The Bertz CT molecular complexity index is 471. The first-order chi connectivity index (χ1) is 10.3. The number of fused-ring (bicyclic) bond motifs is 3. The van der Waals surface area contributed by atoms with Crippen LogP contribution in [0.25, 0.3) is 0 Å². The van der Waals surface area contributed by atoms with E-state index in [2.05, 4.69) is 29.6 Å². The molecule has 2 N–H and O–H groups in total. The summed E-state index contributed by atoms with van der Waals surface area (Å²) in [6.45, 7) is 1.08. The zero-order valence-electron chi connectivity index (χ0n) is 12.9. The van der Waals surface area contributed by atoms with Crippen LogP contribution >= 0.6 is 0 Å². The molecule has 3 aliphatic rings. The van der Waals surface area contributed by atoms with Crippen LogP contribution in [0, 0.1) is 11.8 Å². The minimum Gasteiger partial charge on any atom is -0.388 e. The Morgan fingerprint density at radius 1 is 0.905 bits per heavy atom. The quantitative estimate of drug-likeness (QED) is 0.831. The molecule has 1 aromatic carbocycles. The monoisotopic (exact) mass is 285 g/mol. The van der Waals surface area contributed by atoms with E-state index in [1.807, 2.05) is 0 Å². The predicted octanol–water partition coefficient (Wildman–Crippen LogP) is 3.07. The number of hydrogen-bond acceptors (Lipinski definition) is 2. The Balaban J connectivity index is 1.67. The second-order valence-electron chi connectivity index (χ2n) is 7.39. The SMILES string of the molecule is OC1(C2CCCCCN2)C2CCC1Cc1ccccc1C2. The average Bonchev–Trinajstić information content (AvgIpc) is 2.68. The van der Waals surface area contributed by atoms with Crippen LogP contribution in [0.5, 0.6) is 0 Å². The van der Waals surface area contributed by atoms with Gasteiger partial charge >= 0.3 is 0 Å². The van der Waals surface area contributed by atoms with E-state index in [1.54, 1.807) is 0 Å². The maximum Gasteiger partial charge on any atom is 0.0862 e. The molecule has 1 aromatic rings. The van der Waals surface area contributed by atoms with Crippen molar-refractivity contribution in [2.45, 2.75) is 63.0 Å². The molecule has 1 heterocycles. The van der Waals surface area contributed by atoms with Crippen LogP contribution in [0.2, 0.25) is 0 Å². The summed E-state index contributed by atoms with van der Waals surface area (Å²) in [7, 11) is 0. The van der Waals surface area contributed by atoms with Gasteiger partial charge in [0, 0.05) is 6.04 Å². The van der Waals surface area contributed by atoms with E-state index in [9.17, 15) is 5.11 Å². The zero-order chi connectivity index (χ0) is 14.3. The normalized spacial score (nSPS) is 39.4. The maximum absolute atomic E-state index is 11.7. The first-order valence-electron chi connectivity index (χ1n) is 8.81. The molecule has 0 aromatic heterocycles. The smallest absolute Gasteiger partial charge is 0.0862 e. The van der Waals surface area contributed by atoms with E-state index in [0.717, 1.165) is 25.8 Å². The van der Waals surface area contributed by atoms with Crippen molar-refractivity contribution in [1.82, 2.24) is 5.32 Å². The van der Waals surface area contributed by atoms with Crippen LogP contribution in [0.15, 0.2) is 24.3 Å². The van der Waals surface area contributed by atoms with Crippen molar-refractivity contribution in [2.24, 2.45) is 11.8 Å². The lowest BCUT2D eigenvalue weighted by molar-refractivity contribution is -0.0665. The molecule has 2 bridgehead atoms. The molecule has 3 unspecified atom stereocenters. The van der Waals surface area contributed by atoms with Crippen LogP contribution in [0.3, 0.4) is 0 Å². The average molecular weight is 285 g/mol. The molecule has 1 saturated carbocycles.